The van der Waals surface area contributed by atoms with Crippen LogP contribution in [-0.2, 0) is 6.42 Å². The van der Waals surface area contributed by atoms with Crippen LogP contribution in [0.4, 0.5) is 0 Å². The normalized spacial score (nSPS) is 25.8. The standard InChI is InChI=1S/C21H25NO3/c1-24-20-10-15-8-9-22-18(14-6-4-3-5-7-14)11-16(23)12-19(22)17(15)13-21(20)25-2/h3-7,10,13,16,18-19,23H,8-9,11-12H2,1-2H3/t16-,18+,19+/m1/s1. The molecule has 0 bridgehead atoms. The summed E-state index contributed by atoms with van der Waals surface area (Å²) >= 11 is 0. The highest BCUT2D eigenvalue weighted by molar-refractivity contribution is 5.50. The largest absolute Gasteiger partial charge is 0.493 e. The number of hydrogen-bond donors (Lipinski definition) is 1. The highest BCUT2D eigenvalue weighted by atomic mass is 16.5. The highest BCUT2D eigenvalue weighted by Crippen LogP contribution is 2.47. The maximum absolute atomic E-state index is 10.6. The second kappa shape index (κ2) is 6.70. The van der Waals surface area contributed by atoms with Crippen molar-refractivity contribution in [2.45, 2.75) is 37.5 Å². The summed E-state index contributed by atoms with van der Waals surface area (Å²) in [6.07, 6.45) is 2.27. The second-order valence-electron chi connectivity index (χ2n) is 6.96. The minimum Gasteiger partial charge on any atom is -0.493 e. The van der Waals surface area contributed by atoms with E-state index in [2.05, 4.69) is 41.3 Å². The average Bonchev–Trinajstić information content (AvgIpc) is 2.66. The van der Waals surface area contributed by atoms with Crippen molar-refractivity contribution in [3.63, 3.8) is 0 Å². The summed E-state index contributed by atoms with van der Waals surface area (Å²) in [5.74, 6) is 1.55. The number of hydrogen-bond acceptors (Lipinski definition) is 4. The zero-order valence-electron chi connectivity index (χ0n) is 14.8. The van der Waals surface area contributed by atoms with Gasteiger partial charge in [-0.05, 0) is 48.1 Å². The molecule has 0 aromatic heterocycles. The molecule has 4 heteroatoms. The first-order valence-corrected chi connectivity index (χ1v) is 8.94. The van der Waals surface area contributed by atoms with Crippen molar-refractivity contribution < 1.29 is 14.6 Å². The van der Waals surface area contributed by atoms with Gasteiger partial charge in [-0.3, -0.25) is 4.90 Å². The Hall–Kier alpha value is -2.04. The Labute approximate surface area is 149 Å². The molecule has 1 N–H and O–H groups in total. The molecular weight excluding hydrogens is 314 g/mol. The van der Waals surface area contributed by atoms with Crippen LogP contribution >= 0.6 is 0 Å². The van der Waals surface area contributed by atoms with Gasteiger partial charge in [-0.2, -0.15) is 0 Å². The van der Waals surface area contributed by atoms with Crippen molar-refractivity contribution in [2.75, 3.05) is 20.8 Å². The van der Waals surface area contributed by atoms with E-state index in [0.717, 1.165) is 37.3 Å². The third-order valence-corrected chi connectivity index (χ3v) is 5.62. The zero-order valence-corrected chi connectivity index (χ0v) is 14.8. The molecule has 0 aliphatic carbocycles. The summed E-state index contributed by atoms with van der Waals surface area (Å²) in [6, 6.07) is 15.2. The third kappa shape index (κ3) is 2.90. The lowest BCUT2D eigenvalue weighted by atomic mass is 9.81. The van der Waals surface area contributed by atoms with Gasteiger partial charge in [0.2, 0.25) is 0 Å². The van der Waals surface area contributed by atoms with E-state index >= 15 is 0 Å². The minimum atomic E-state index is -0.287. The number of benzene rings is 2. The van der Waals surface area contributed by atoms with Crippen LogP contribution in [0.1, 0.15) is 41.6 Å². The summed E-state index contributed by atoms with van der Waals surface area (Å²) in [6.45, 7) is 0.999. The van der Waals surface area contributed by atoms with Gasteiger partial charge in [0, 0.05) is 18.6 Å². The molecule has 1 fully saturated rings. The maximum Gasteiger partial charge on any atom is 0.161 e. The Morgan fingerprint density at radius 1 is 0.960 bits per heavy atom. The lowest BCUT2D eigenvalue weighted by Crippen LogP contribution is -2.45. The van der Waals surface area contributed by atoms with Gasteiger partial charge in [-0.15, -0.1) is 0 Å². The van der Waals surface area contributed by atoms with Crippen LogP contribution in [0, 0.1) is 0 Å². The molecule has 0 saturated carbocycles. The molecule has 4 nitrogen and oxygen atoms in total. The van der Waals surface area contributed by atoms with Gasteiger partial charge >= 0.3 is 0 Å². The summed E-state index contributed by atoms with van der Waals surface area (Å²) in [5, 5.41) is 10.6. The quantitative estimate of drug-likeness (QED) is 0.929. The molecule has 2 aromatic carbocycles. The van der Waals surface area contributed by atoms with Crippen LogP contribution in [0.15, 0.2) is 42.5 Å². The van der Waals surface area contributed by atoms with Crippen LogP contribution in [0.3, 0.4) is 0 Å². The number of rotatable bonds is 3. The molecule has 3 atom stereocenters. The summed E-state index contributed by atoms with van der Waals surface area (Å²) in [7, 11) is 3.35. The third-order valence-electron chi connectivity index (χ3n) is 5.62. The summed E-state index contributed by atoms with van der Waals surface area (Å²) in [4.78, 5) is 2.55. The molecule has 1 saturated heterocycles. The Kier molecular flexibility index (Phi) is 4.40. The summed E-state index contributed by atoms with van der Waals surface area (Å²) < 4.78 is 11.0. The lowest BCUT2D eigenvalue weighted by molar-refractivity contribution is -0.00685. The van der Waals surface area contributed by atoms with Crippen LogP contribution in [0.5, 0.6) is 11.5 Å². The van der Waals surface area contributed by atoms with Crippen molar-refractivity contribution >= 4 is 0 Å². The number of piperidine rings is 1. The first kappa shape index (κ1) is 16.4. The molecule has 0 unspecified atom stereocenters. The topological polar surface area (TPSA) is 41.9 Å². The summed E-state index contributed by atoms with van der Waals surface area (Å²) in [5.41, 5.74) is 3.86. The predicted octanol–water partition coefficient (Wildman–Crippen LogP) is 3.50. The van der Waals surface area contributed by atoms with Gasteiger partial charge in [-0.1, -0.05) is 30.3 Å². The van der Waals surface area contributed by atoms with E-state index in [1.54, 1.807) is 14.2 Å². The highest BCUT2D eigenvalue weighted by Gasteiger charge is 2.39. The Bertz CT molecular complexity index is 746. The molecule has 2 aromatic rings. The number of fused-ring (bicyclic) bond motifs is 3. The number of aliphatic hydroxyl groups excluding tert-OH is 1. The average molecular weight is 339 g/mol. The van der Waals surface area contributed by atoms with Crippen molar-refractivity contribution in [3.8, 4) is 11.5 Å². The van der Waals surface area contributed by atoms with Crippen molar-refractivity contribution in [1.82, 2.24) is 4.90 Å². The Balaban J connectivity index is 1.74. The fourth-order valence-electron chi connectivity index (χ4n) is 4.43. The predicted molar refractivity (Wildman–Crippen MR) is 97.1 cm³/mol. The van der Waals surface area contributed by atoms with Crippen LogP contribution in [-0.4, -0.2) is 36.9 Å². The molecule has 0 radical (unpaired) electrons. The van der Waals surface area contributed by atoms with E-state index < -0.39 is 0 Å². The number of ether oxygens (including phenoxy) is 2. The lowest BCUT2D eigenvalue weighted by Gasteiger charge is -2.47. The number of aliphatic hydroxyl groups is 1. The fourth-order valence-corrected chi connectivity index (χ4v) is 4.43. The Morgan fingerprint density at radius 2 is 1.64 bits per heavy atom. The molecule has 2 aliphatic rings. The maximum atomic E-state index is 10.6. The Morgan fingerprint density at radius 3 is 2.36 bits per heavy atom. The number of nitrogens with zero attached hydrogens (tertiary/aromatic N) is 1. The van der Waals surface area contributed by atoms with E-state index in [9.17, 15) is 5.11 Å². The van der Waals surface area contributed by atoms with E-state index in [-0.39, 0.29) is 18.2 Å². The molecule has 25 heavy (non-hydrogen) atoms. The first-order valence-electron chi connectivity index (χ1n) is 8.94. The molecule has 0 amide bonds. The number of methoxy groups -OCH3 is 2. The van der Waals surface area contributed by atoms with Crippen molar-refractivity contribution in [3.05, 3.63) is 59.2 Å². The fraction of sp³-hybridized carbons (Fsp3) is 0.429. The molecule has 4 rings (SSSR count). The van der Waals surface area contributed by atoms with Gasteiger partial charge in [0.05, 0.1) is 20.3 Å². The van der Waals surface area contributed by atoms with Gasteiger partial charge in [0.25, 0.3) is 0 Å². The van der Waals surface area contributed by atoms with Gasteiger partial charge in [-0.25, -0.2) is 0 Å². The van der Waals surface area contributed by atoms with E-state index in [1.807, 2.05) is 6.07 Å². The molecule has 2 heterocycles. The van der Waals surface area contributed by atoms with E-state index in [4.69, 9.17) is 9.47 Å². The van der Waals surface area contributed by atoms with Gasteiger partial charge in [0.15, 0.2) is 11.5 Å². The van der Waals surface area contributed by atoms with Gasteiger partial charge < -0.3 is 14.6 Å². The monoisotopic (exact) mass is 339 g/mol. The molecule has 2 aliphatic heterocycles. The van der Waals surface area contributed by atoms with Crippen LogP contribution in [0.2, 0.25) is 0 Å². The smallest absolute Gasteiger partial charge is 0.161 e. The van der Waals surface area contributed by atoms with E-state index in [0.29, 0.717) is 0 Å². The zero-order chi connectivity index (χ0) is 17.4. The van der Waals surface area contributed by atoms with Crippen molar-refractivity contribution in [1.29, 1.82) is 0 Å². The van der Waals surface area contributed by atoms with Gasteiger partial charge in [0.1, 0.15) is 0 Å². The minimum absolute atomic E-state index is 0.220. The SMILES string of the molecule is COc1cc2c(cc1OC)[C@@H]1C[C@H](O)C[C@@H](c3ccccc3)N1CC2. The van der Waals surface area contributed by atoms with E-state index in [1.165, 1.54) is 16.7 Å². The van der Waals surface area contributed by atoms with Crippen LogP contribution in [0.25, 0.3) is 0 Å². The molecule has 132 valence electrons. The second-order valence-corrected chi connectivity index (χ2v) is 6.96. The molecular formula is C21H25NO3. The van der Waals surface area contributed by atoms with Crippen LogP contribution < -0.4 is 9.47 Å². The first-order chi connectivity index (χ1) is 12.2. The molecule has 0 spiro atoms. The van der Waals surface area contributed by atoms with Crippen molar-refractivity contribution in [2.24, 2.45) is 0 Å².